The molecule has 0 atom stereocenters. The average molecular weight is 287 g/mol. The van der Waals surface area contributed by atoms with E-state index in [-0.39, 0.29) is 17.3 Å². The maximum Gasteiger partial charge on any atom is 0.161 e. The van der Waals surface area contributed by atoms with Gasteiger partial charge in [-0.2, -0.15) is 0 Å². The Bertz CT molecular complexity index is 499. The summed E-state index contributed by atoms with van der Waals surface area (Å²) in [6.45, 7) is 4.93. The summed E-state index contributed by atoms with van der Waals surface area (Å²) in [6.07, 6.45) is 0. The largest absolute Gasteiger partial charge is 0.504 e. The number of benzene rings is 1. The molecule has 0 bridgehead atoms. The molecule has 1 rings (SSSR count). The molecule has 0 fully saturated rings. The van der Waals surface area contributed by atoms with Crippen LogP contribution in [0.25, 0.3) is 0 Å². The number of phenolic OH excluding ortho intramolecular Hbond substituents is 1. The van der Waals surface area contributed by atoms with Crippen LogP contribution in [0.5, 0.6) is 11.5 Å². The third-order valence-electron chi connectivity index (χ3n) is 2.68. The lowest BCUT2D eigenvalue weighted by molar-refractivity contribution is 0.317. The maximum atomic E-state index is 11.3. The highest BCUT2D eigenvalue weighted by Crippen LogP contribution is 2.26. The van der Waals surface area contributed by atoms with Crippen molar-refractivity contribution < 1.29 is 18.3 Å². The number of hydrogen-bond acceptors (Lipinski definition) is 5. The van der Waals surface area contributed by atoms with Crippen LogP contribution in [0.2, 0.25) is 0 Å². The predicted molar refractivity (Wildman–Crippen MR) is 75.3 cm³/mol. The van der Waals surface area contributed by atoms with Crippen LogP contribution in [0.3, 0.4) is 0 Å². The standard InChI is InChI=1S/C13H21NO4S/c1-3-18-13-9-11(5-6-12(13)15)10-14-7-8-19(16,17)4-2/h5-6,9,14-15H,3-4,7-8,10H2,1-2H3. The lowest BCUT2D eigenvalue weighted by Gasteiger charge is -2.09. The topological polar surface area (TPSA) is 75.6 Å². The first-order valence-corrected chi connectivity index (χ1v) is 8.16. The summed E-state index contributed by atoms with van der Waals surface area (Å²) >= 11 is 0. The van der Waals surface area contributed by atoms with Crippen molar-refractivity contribution in [1.82, 2.24) is 5.32 Å². The molecule has 0 spiro atoms. The molecule has 0 aliphatic rings. The number of sulfone groups is 1. The molecule has 1 aromatic carbocycles. The van der Waals surface area contributed by atoms with E-state index in [0.29, 0.717) is 25.4 Å². The van der Waals surface area contributed by atoms with E-state index in [9.17, 15) is 13.5 Å². The summed E-state index contributed by atoms with van der Waals surface area (Å²) in [5.74, 6) is 0.865. The molecule has 0 aliphatic carbocycles. The van der Waals surface area contributed by atoms with Gasteiger partial charge in [0, 0.05) is 18.8 Å². The fourth-order valence-electron chi connectivity index (χ4n) is 1.54. The minimum atomic E-state index is -2.92. The normalized spacial score (nSPS) is 11.5. The number of phenols is 1. The molecule has 0 aromatic heterocycles. The van der Waals surface area contributed by atoms with E-state index in [1.165, 1.54) is 0 Å². The van der Waals surface area contributed by atoms with Crippen molar-refractivity contribution in [3.05, 3.63) is 23.8 Å². The minimum absolute atomic E-state index is 0.110. The molecule has 0 aliphatic heterocycles. The third kappa shape index (κ3) is 5.48. The van der Waals surface area contributed by atoms with Crippen LogP contribution in [-0.2, 0) is 16.4 Å². The molecule has 0 saturated carbocycles. The zero-order valence-electron chi connectivity index (χ0n) is 11.3. The molecule has 0 amide bonds. The van der Waals surface area contributed by atoms with Crippen LogP contribution in [0.15, 0.2) is 18.2 Å². The summed E-state index contributed by atoms with van der Waals surface area (Å²) in [7, 11) is -2.92. The second-order valence-corrected chi connectivity index (χ2v) is 6.62. The first kappa shape index (κ1) is 15.8. The van der Waals surface area contributed by atoms with Crippen LogP contribution >= 0.6 is 0 Å². The Balaban J connectivity index is 2.48. The monoisotopic (exact) mass is 287 g/mol. The maximum absolute atomic E-state index is 11.3. The molecule has 0 unspecified atom stereocenters. The van der Waals surface area contributed by atoms with Gasteiger partial charge in [0.15, 0.2) is 21.3 Å². The van der Waals surface area contributed by atoms with Crippen molar-refractivity contribution in [2.24, 2.45) is 0 Å². The number of aromatic hydroxyl groups is 1. The highest BCUT2D eigenvalue weighted by molar-refractivity contribution is 7.91. The minimum Gasteiger partial charge on any atom is -0.504 e. The van der Waals surface area contributed by atoms with Crippen LogP contribution in [0, 0.1) is 0 Å². The van der Waals surface area contributed by atoms with Crippen molar-refractivity contribution >= 4 is 9.84 Å². The van der Waals surface area contributed by atoms with Crippen molar-refractivity contribution in [3.8, 4) is 11.5 Å². The second kappa shape index (κ2) is 7.35. The first-order valence-electron chi connectivity index (χ1n) is 6.34. The molecule has 108 valence electrons. The molecule has 19 heavy (non-hydrogen) atoms. The lowest BCUT2D eigenvalue weighted by Crippen LogP contribution is -2.23. The third-order valence-corrected chi connectivity index (χ3v) is 4.39. The Morgan fingerprint density at radius 3 is 2.68 bits per heavy atom. The Kier molecular flexibility index (Phi) is 6.11. The molecule has 0 saturated heterocycles. The number of nitrogens with one attached hydrogen (secondary N) is 1. The van der Waals surface area contributed by atoms with Gasteiger partial charge in [0.2, 0.25) is 0 Å². The fraction of sp³-hybridized carbons (Fsp3) is 0.538. The van der Waals surface area contributed by atoms with Crippen molar-refractivity contribution in [2.75, 3.05) is 24.7 Å². The van der Waals surface area contributed by atoms with Gasteiger partial charge < -0.3 is 15.2 Å². The quantitative estimate of drug-likeness (QED) is 0.705. The second-order valence-electron chi connectivity index (χ2n) is 4.15. The van der Waals surface area contributed by atoms with Gasteiger partial charge in [-0.15, -0.1) is 0 Å². The molecular formula is C13H21NO4S. The zero-order chi connectivity index (χ0) is 14.3. The smallest absolute Gasteiger partial charge is 0.161 e. The van der Waals surface area contributed by atoms with Crippen LogP contribution < -0.4 is 10.1 Å². The Morgan fingerprint density at radius 2 is 2.05 bits per heavy atom. The first-order chi connectivity index (χ1) is 8.98. The van der Waals surface area contributed by atoms with Gasteiger partial charge >= 0.3 is 0 Å². The Hall–Kier alpha value is -1.27. The van der Waals surface area contributed by atoms with E-state index in [0.717, 1.165) is 5.56 Å². The van der Waals surface area contributed by atoms with Gasteiger partial charge in [-0.05, 0) is 24.6 Å². The van der Waals surface area contributed by atoms with E-state index in [2.05, 4.69) is 5.32 Å². The number of hydrogen-bond donors (Lipinski definition) is 2. The van der Waals surface area contributed by atoms with E-state index in [1.54, 1.807) is 25.1 Å². The van der Waals surface area contributed by atoms with Gasteiger partial charge in [-0.1, -0.05) is 13.0 Å². The molecular weight excluding hydrogens is 266 g/mol. The molecule has 6 heteroatoms. The highest BCUT2D eigenvalue weighted by atomic mass is 32.2. The van der Waals surface area contributed by atoms with E-state index < -0.39 is 9.84 Å². The summed E-state index contributed by atoms with van der Waals surface area (Å²) < 4.78 is 27.9. The molecule has 1 aromatic rings. The van der Waals surface area contributed by atoms with Crippen molar-refractivity contribution in [1.29, 1.82) is 0 Å². The number of rotatable bonds is 8. The molecule has 5 nitrogen and oxygen atoms in total. The predicted octanol–water partition coefficient (Wildman–Crippen LogP) is 1.32. The van der Waals surface area contributed by atoms with Gasteiger partial charge in [-0.3, -0.25) is 0 Å². The van der Waals surface area contributed by atoms with Gasteiger partial charge in [-0.25, -0.2) is 8.42 Å². The van der Waals surface area contributed by atoms with E-state index in [4.69, 9.17) is 4.74 Å². The zero-order valence-corrected chi connectivity index (χ0v) is 12.2. The molecule has 2 N–H and O–H groups in total. The fourth-order valence-corrected chi connectivity index (χ4v) is 2.29. The summed E-state index contributed by atoms with van der Waals surface area (Å²) in [5.41, 5.74) is 0.940. The SMILES string of the molecule is CCOc1cc(CNCCS(=O)(=O)CC)ccc1O. The number of ether oxygens (including phenoxy) is 1. The van der Waals surface area contributed by atoms with Crippen LogP contribution in [0.4, 0.5) is 0 Å². The van der Waals surface area contributed by atoms with Gasteiger partial charge in [0.25, 0.3) is 0 Å². The van der Waals surface area contributed by atoms with Crippen LogP contribution in [0.1, 0.15) is 19.4 Å². The Morgan fingerprint density at radius 1 is 1.32 bits per heavy atom. The van der Waals surface area contributed by atoms with E-state index in [1.807, 2.05) is 6.92 Å². The van der Waals surface area contributed by atoms with Crippen LogP contribution in [-0.4, -0.2) is 38.2 Å². The summed E-state index contributed by atoms with van der Waals surface area (Å²) in [4.78, 5) is 0. The lowest BCUT2D eigenvalue weighted by atomic mass is 10.2. The van der Waals surface area contributed by atoms with Crippen molar-refractivity contribution in [2.45, 2.75) is 20.4 Å². The summed E-state index contributed by atoms with van der Waals surface area (Å²) in [5, 5.41) is 12.6. The molecule has 0 radical (unpaired) electrons. The van der Waals surface area contributed by atoms with E-state index >= 15 is 0 Å². The van der Waals surface area contributed by atoms with Crippen molar-refractivity contribution in [3.63, 3.8) is 0 Å². The average Bonchev–Trinajstić information content (AvgIpc) is 2.38. The Labute approximate surface area is 114 Å². The molecule has 0 heterocycles. The highest BCUT2D eigenvalue weighted by Gasteiger charge is 2.07. The summed E-state index contributed by atoms with van der Waals surface area (Å²) in [6, 6.07) is 5.10. The van der Waals surface area contributed by atoms with Gasteiger partial charge in [0.1, 0.15) is 0 Å². The van der Waals surface area contributed by atoms with Gasteiger partial charge in [0.05, 0.1) is 12.4 Å².